The molecule has 4 aromatic rings. The number of nitrogens with zero attached hydrogens (tertiary/aromatic N) is 3. The fourth-order valence-corrected chi connectivity index (χ4v) is 3.34. The Morgan fingerprint density at radius 3 is 2.65 bits per heavy atom. The van der Waals surface area contributed by atoms with Gasteiger partial charge in [0.1, 0.15) is 23.0 Å². The van der Waals surface area contributed by atoms with Gasteiger partial charge in [0.05, 0.1) is 23.9 Å². The summed E-state index contributed by atoms with van der Waals surface area (Å²) in [5.41, 5.74) is 2.73. The van der Waals surface area contributed by atoms with Gasteiger partial charge in [0, 0.05) is 23.9 Å². The van der Waals surface area contributed by atoms with E-state index >= 15 is 0 Å². The van der Waals surface area contributed by atoms with E-state index < -0.39 is 0 Å². The third kappa shape index (κ3) is 4.28. The molecule has 1 aliphatic carbocycles. The second kappa shape index (κ2) is 8.00. The lowest BCUT2D eigenvalue weighted by Gasteiger charge is -2.00. The molecule has 1 aliphatic rings. The highest BCUT2D eigenvalue weighted by molar-refractivity contribution is 6.07. The van der Waals surface area contributed by atoms with Crippen LogP contribution in [0.5, 0.6) is 0 Å². The van der Waals surface area contributed by atoms with Gasteiger partial charge in [0.2, 0.25) is 0 Å². The first kappa shape index (κ1) is 18.9. The maximum absolute atomic E-state index is 12.8. The van der Waals surface area contributed by atoms with Gasteiger partial charge >= 0.3 is 0 Å². The van der Waals surface area contributed by atoms with Gasteiger partial charge in [-0.15, -0.1) is 0 Å². The number of carbonyl (C=O) groups excluding carboxylic acids is 2. The maximum Gasteiger partial charge on any atom is 0.188 e. The quantitative estimate of drug-likeness (QED) is 0.376. The molecule has 0 amide bonds. The molecule has 0 saturated heterocycles. The molecule has 0 radical (unpaired) electrons. The molecule has 1 aromatic carbocycles. The molecule has 3 aromatic heterocycles. The number of aromatic amines is 2. The molecule has 3 heterocycles. The number of para-hydroxylation sites is 1. The predicted molar refractivity (Wildman–Crippen MR) is 115 cm³/mol. The van der Waals surface area contributed by atoms with Crippen molar-refractivity contribution in [1.29, 1.82) is 0 Å². The normalized spacial score (nSPS) is 13.0. The molecule has 1 fully saturated rings. The Labute approximate surface area is 178 Å². The first-order valence-electron chi connectivity index (χ1n) is 10.2. The van der Waals surface area contributed by atoms with E-state index in [1.807, 2.05) is 12.1 Å². The third-order valence-corrected chi connectivity index (χ3v) is 5.09. The van der Waals surface area contributed by atoms with Gasteiger partial charge in [-0.25, -0.2) is 15.0 Å². The van der Waals surface area contributed by atoms with Crippen LogP contribution in [0.25, 0.3) is 11.0 Å². The van der Waals surface area contributed by atoms with E-state index in [9.17, 15) is 9.59 Å². The summed E-state index contributed by atoms with van der Waals surface area (Å²) >= 11 is 0. The number of ketones is 2. The van der Waals surface area contributed by atoms with Crippen molar-refractivity contribution < 1.29 is 9.59 Å². The lowest BCUT2D eigenvalue weighted by Crippen LogP contribution is -2.08. The van der Waals surface area contributed by atoms with Crippen molar-refractivity contribution in [3.63, 3.8) is 0 Å². The minimum atomic E-state index is -0.155. The van der Waals surface area contributed by atoms with E-state index in [1.54, 1.807) is 36.7 Å². The molecule has 0 bridgehead atoms. The number of H-pyrrole nitrogens is 2. The average Bonchev–Trinajstić information content (AvgIpc) is 3.29. The number of benzene rings is 1. The number of carbonyl (C=O) groups is 2. The third-order valence-electron chi connectivity index (χ3n) is 5.09. The van der Waals surface area contributed by atoms with Crippen molar-refractivity contribution in [3.8, 4) is 11.8 Å². The topological polar surface area (TPSA) is 104 Å². The molecule has 2 N–H and O–H groups in total. The van der Waals surface area contributed by atoms with Crippen LogP contribution < -0.4 is 0 Å². The number of imidazole rings is 2. The first-order valence-corrected chi connectivity index (χ1v) is 10.2. The molecule has 1 saturated carbocycles. The molecule has 152 valence electrons. The fraction of sp³-hybridized carbons (Fsp3) is 0.208. The van der Waals surface area contributed by atoms with Crippen LogP contribution in [-0.4, -0.2) is 36.5 Å². The lowest BCUT2D eigenvalue weighted by atomic mass is 10.1. The number of fused-ring (bicyclic) bond motifs is 1. The second-order valence-corrected chi connectivity index (χ2v) is 7.57. The van der Waals surface area contributed by atoms with Crippen LogP contribution in [0.4, 0.5) is 0 Å². The summed E-state index contributed by atoms with van der Waals surface area (Å²) in [6.07, 6.45) is 5.80. The van der Waals surface area contributed by atoms with Crippen LogP contribution in [0, 0.1) is 17.8 Å². The Kier molecular flexibility index (Phi) is 4.89. The predicted octanol–water partition coefficient (Wildman–Crippen LogP) is 3.29. The number of hydrogen-bond donors (Lipinski definition) is 2. The van der Waals surface area contributed by atoms with E-state index in [4.69, 9.17) is 0 Å². The Morgan fingerprint density at radius 2 is 1.84 bits per heavy atom. The first-order chi connectivity index (χ1) is 15.2. The van der Waals surface area contributed by atoms with Gasteiger partial charge in [-0.2, -0.15) is 0 Å². The van der Waals surface area contributed by atoms with Crippen molar-refractivity contribution >= 4 is 22.6 Å². The summed E-state index contributed by atoms with van der Waals surface area (Å²) in [6, 6.07) is 10.7. The van der Waals surface area contributed by atoms with Crippen molar-refractivity contribution in [2.75, 3.05) is 0 Å². The van der Waals surface area contributed by atoms with Gasteiger partial charge in [0.25, 0.3) is 0 Å². The minimum Gasteiger partial charge on any atom is -0.348 e. The zero-order valence-electron chi connectivity index (χ0n) is 16.7. The molecular weight excluding hydrogens is 390 g/mol. The molecule has 31 heavy (non-hydrogen) atoms. The molecule has 7 heteroatoms. The van der Waals surface area contributed by atoms with E-state index in [1.165, 1.54) is 0 Å². The minimum absolute atomic E-state index is 0.0625. The van der Waals surface area contributed by atoms with E-state index in [-0.39, 0.29) is 24.4 Å². The van der Waals surface area contributed by atoms with Crippen molar-refractivity contribution in [2.45, 2.75) is 25.7 Å². The zero-order valence-corrected chi connectivity index (χ0v) is 16.7. The highest BCUT2D eigenvalue weighted by atomic mass is 16.1. The second-order valence-electron chi connectivity index (χ2n) is 7.57. The smallest absolute Gasteiger partial charge is 0.188 e. The van der Waals surface area contributed by atoms with Gasteiger partial charge in [-0.1, -0.05) is 18.1 Å². The standard InChI is InChI=1S/C24H19N5O2/c30-20(13-22-25-11-12-26-22)17-4-2-6-19-24(17)29-23(28-19)14-21(31)18-5-1-3-16(27-18)10-9-15-7-8-15/h1-6,11-12,15H,7-8,13-14H2,(H,25,26)(H,28,29). The summed E-state index contributed by atoms with van der Waals surface area (Å²) in [6.45, 7) is 0. The van der Waals surface area contributed by atoms with Crippen molar-refractivity contribution in [1.82, 2.24) is 24.9 Å². The number of nitrogens with one attached hydrogen (secondary N) is 2. The zero-order chi connectivity index (χ0) is 21.2. The lowest BCUT2D eigenvalue weighted by molar-refractivity contribution is 0.0981. The Bertz CT molecular complexity index is 1340. The van der Waals surface area contributed by atoms with Crippen LogP contribution in [0.1, 0.15) is 51.0 Å². The Morgan fingerprint density at radius 1 is 1.00 bits per heavy atom. The van der Waals surface area contributed by atoms with Crippen molar-refractivity contribution in [2.24, 2.45) is 5.92 Å². The maximum atomic E-state index is 12.8. The Balaban J connectivity index is 1.36. The van der Waals surface area contributed by atoms with Gasteiger partial charge < -0.3 is 9.97 Å². The van der Waals surface area contributed by atoms with Crippen LogP contribution in [-0.2, 0) is 12.8 Å². The van der Waals surface area contributed by atoms with E-state index in [2.05, 4.69) is 36.8 Å². The van der Waals surface area contributed by atoms with Gasteiger partial charge in [0.15, 0.2) is 11.6 Å². The van der Waals surface area contributed by atoms with E-state index in [0.717, 1.165) is 12.8 Å². The largest absolute Gasteiger partial charge is 0.348 e. The molecular formula is C24H19N5O2. The molecule has 0 atom stereocenters. The number of Topliss-reactive ketones (excluding diaryl/α,β-unsaturated/α-hetero) is 2. The van der Waals surface area contributed by atoms with Crippen molar-refractivity contribution in [3.05, 3.63) is 77.4 Å². The molecule has 0 spiro atoms. The number of aromatic nitrogens is 5. The summed E-state index contributed by atoms with van der Waals surface area (Å²) in [4.78, 5) is 44.6. The van der Waals surface area contributed by atoms with Crippen LogP contribution in [0.2, 0.25) is 0 Å². The average molecular weight is 409 g/mol. The number of hydrogen-bond acceptors (Lipinski definition) is 5. The Hall–Kier alpha value is -4.05. The van der Waals surface area contributed by atoms with Crippen LogP contribution in [0.15, 0.2) is 48.8 Å². The van der Waals surface area contributed by atoms with Gasteiger partial charge in [-0.05, 0) is 43.0 Å². The van der Waals surface area contributed by atoms with Gasteiger partial charge in [-0.3, -0.25) is 9.59 Å². The fourth-order valence-electron chi connectivity index (χ4n) is 3.34. The molecule has 0 unspecified atom stereocenters. The SMILES string of the molecule is O=C(Cc1nc2c(C(=O)Cc3ncc[nH]3)cccc2[nH]1)c1cccc(C#CC2CC2)n1. The molecule has 5 rings (SSSR count). The monoisotopic (exact) mass is 409 g/mol. The summed E-state index contributed by atoms with van der Waals surface area (Å²) < 4.78 is 0. The number of pyridine rings is 1. The number of rotatable bonds is 6. The highest BCUT2D eigenvalue weighted by Gasteiger charge is 2.19. The summed E-state index contributed by atoms with van der Waals surface area (Å²) in [7, 11) is 0. The molecule has 7 nitrogen and oxygen atoms in total. The van der Waals surface area contributed by atoms with Crippen LogP contribution >= 0.6 is 0 Å². The highest BCUT2D eigenvalue weighted by Crippen LogP contribution is 2.27. The van der Waals surface area contributed by atoms with Crippen LogP contribution in [0.3, 0.4) is 0 Å². The summed E-state index contributed by atoms with van der Waals surface area (Å²) in [5.74, 6) is 7.53. The van der Waals surface area contributed by atoms with E-state index in [0.29, 0.717) is 45.6 Å². The molecule has 0 aliphatic heterocycles. The summed E-state index contributed by atoms with van der Waals surface area (Å²) in [5, 5.41) is 0.